The van der Waals surface area contributed by atoms with Crippen molar-refractivity contribution in [2.24, 2.45) is 0 Å². The molecule has 2 aromatic rings. The van der Waals surface area contributed by atoms with Crippen LogP contribution in [0.5, 0.6) is 0 Å². The van der Waals surface area contributed by atoms with Gasteiger partial charge in [-0.15, -0.1) is 0 Å². The average molecular weight is 367 g/mol. The normalized spacial score (nSPS) is 17.8. The topological polar surface area (TPSA) is 44.3 Å². The fourth-order valence-electron chi connectivity index (χ4n) is 2.25. The molecule has 0 radical (unpaired) electrons. The van der Waals surface area contributed by atoms with Crippen molar-refractivity contribution < 1.29 is 5.21 Å². The van der Waals surface area contributed by atoms with Crippen LogP contribution in [0.25, 0.3) is 0 Å². The summed E-state index contributed by atoms with van der Waals surface area (Å²) in [6.07, 6.45) is 5.46. The largest absolute Gasteiger partial charge is 0.370 e. The number of rotatable bonds is 2. The Morgan fingerprint density at radius 1 is 1.04 bits per heavy atom. The Bertz CT molecular complexity index is 813. The van der Waals surface area contributed by atoms with Crippen molar-refractivity contribution in [1.82, 2.24) is 10.8 Å². The second-order valence-corrected chi connectivity index (χ2v) is 6.87. The Hall–Kier alpha value is -2.51. The van der Waals surface area contributed by atoms with Gasteiger partial charge in [0.2, 0.25) is 0 Å². The van der Waals surface area contributed by atoms with Gasteiger partial charge in [-0.3, -0.25) is 0 Å². The van der Waals surface area contributed by atoms with Crippen molar-refractivity contribution in [3.05, 3.63) is 95.2 Å². The monoisotopic (exact) mass is 366 g/mol. The van der Waals surface area contributed by atoms with Gasteiger partial charge in [-0.1, -0.05) is 59.3 Å². The van der Waals surface area contributed by atoms with Gasteiger partial charge in [-0.05, 0) is 62.0 Å². The maximum atomic E-state index is 8.40. The number of hydrogen-bond donors (Lipinski definition) is 3. The van der Waals surface area contributed by atoms with E-state index in [-0.39, 0.29) is 0 Å². The zero-order valence-corrected chi connectivity index (χ0v) is 15.7. The first-order chi connectivity index (χ1) is 12.5. The summed E-state index contributed by atoms with van der Waals surface area (Å²) in [6, 6.07) is 18.3. The second kappa shape index (κ2) is 9.84. The average Bonchev–Trinajstić information content (AvgIpc) is 2.62. The Balaban J connectivity index is 0.000000197. The van der Waals surface area contributed by atoms with Gasteiger partial charge in [0.1, 0.15) is 5.00 Å². The van der Waals surface area contributed by atoms with Crippen LogP contribution >= 0.6 is 11.6 Å². The van der Waals surface area contributed by atoms with Crippen LogP contribution in [0.1, 0.15) is 23.6 Å². The molecule has 3 nitrogen and oxygen atoms in total. The molecule has 3 rings (SSSR count). The molecule has 0 aromatic heterocycles. The number of halogens is 1. The lowest BCUT2D eigenvalue weighted by Crippen LogP contribution is -2.33. The van der Waals surface area contributed by atoms with Crippen LogP contribution in [-0.4, -0.2) is 16.8 Å². The predicted molar refractivity (Wildman–Crippen MR) is 108 cm³/mol. The third kappa shape index (κ3) is 7.16. The van der Waals surface area contributed by atoms with E-state index < -0.39 is 5.00 Å². The van der Waals surface area contributed by atoms with Crippen molar-refractivity contribution in [1.29, 1.82) is 0 Å². The number of dihydropyridines is 1. The molecule has 1 atom stereocenters. The zero-order chi connectivity index (χ0) is 18.8. The summed E-state index contributed by atoms with van der Waals surface area (Å²) < 4.78 is 0. The van der Waals surface area contributed by atoms with Crippen LogP contribution in [0.4, 0.5) is 0 Å². The van der Waals surface area contributed by atoms with Gasteiger partial charge in [0.15, 0.2) is 0 Å². The van der Waals surface area contributed by atoms with E-state index >= 15 is 0 Å². The summed E-state index contributed by atoms with van der Waals surface area (Å²) in [4.78, 5) is -0.527. The molecule has 0 amide bonds. The molecule has 1 heterocycles. The molecule has 1 unspecified atom stereocenters. The lowest BCUT2D eigenvalue weighted by atomic mass is 10.1. The number of benzene rings is 2. The quantitative estimate of drug-likeness (QED) is 0.320. The molecule has 0 spiro atoms. The number of alkyl halides is 1. The van der Waals surface area contributed by atoms with Gasteiger partial charge in [-0.2, -0.15) is 0 Å². The van der Waals surface area contributed by atoms with Crippen LogP contribution in [0.2, 0.25) is 0 Å². The molecule has 0 aliphatic carbocycles. The lowest BCUT2D eigenvalue weighted by Gasteiger charge is -2.23. The molecule has 4 heteroatoms. The summed E-state index contributed by atoms with van der Waals surface area (Å²) >= 11 is 5.95. The highest BCUT2D eigenvalue weighted by atomic mass is 35.5. The molecule has 134 valence electrons. The van der Waals surface area contributed by atoms with Crippen LogP contribution in [0.15, 0.2) is 78.5 Å². The fourth-order valence-corrected chi connectivity index (χ4v) is 2.46. The molecule has 0 bridgehead atoms. The third-order valence-electron chi connectivity index (χ3n) is 3.58. The van der Waals surface area contributed by atoms with Gasteiger partial charge in [0.05, 0.1) is 0 Å². The fraction of sp³-hybridized carbons (Fsp3) is 0.182. The Labute approximate surface area is 160 Å². The minimum Gasteiger partial charge on any atom is -0.370 e. The van der Waals surface area contributed by atoms with E-state index in [1.54, 1.807) is 6.20 Å². The molecule has 2 aromatic carbocycles. The first-order valence-corrected chi connectivity index (χ1v) is 8.72. The SMILES string of the molecule is CC1(Cl)C=C(CNO)C=CN1.Cc1ccc(C#Cc2ccccc2)cc1. The molecule has 1 aliphatic rings. The molecule has 3 N–H and O–H groups in total. The minimum absolute atomic E-state index is 0.417. The van der Waals surface area contributed by atoms with Crippen molar-refractivity contribution in [3.8, 4) is 11.8 Å². The maximum Gasteiger partial charge on any atom is 0.128 e. The smallest absolute Gasteiger partial charge is 0.128 e. The molecule has 1 aliphatic heterocycles. The van der Waals surface area contributed by atoms with E-state index in [0.29, 0.717) is 6.54 Å². The Morgan fingerprint density at radius 2 is 1.65 bits per heavy atom. The highest BCUT2D eigenvalue weighted by molar-refractivity contribution is 6.24. The highest BCUT2D eigenvalue weighted by Crippen LogP contribution is 2.18. The van der Waals surface area contributed by atoms with Crippen molar-refractivity contribution in [2.45, 2.75) is 18.8 Å². The molecule has 0 fully saturated rings. The third-order valence-corrected chi connectivity index (χ3v) is 3.80. The number of hydroxylamine groups is 1. The summed E-state index contributed by atoms with van der Waals surface area (Å²) in [5.41, 5.74) is 6.41. The van der Waals surface area contributed by atoms with Gasteiger partial charge < -0.3 is 10.5 Å². The maximum absolute atomic E-state index is 8.40. The van der Waals surface area contributed by atoms with Crippen molar-refractivity contribution in [3.63, 3.8) is 0 Å². The summed E-state index contributed by atoms with van der Waals surface area (Å²) in [6.45, 7) is 4.34. The van der Waals surface area contributed by atoms with E-state index in [2.05, 4.69) is 41.7 Å². The van der Waals surface area contributed by atoms with Crippen LogP contribution in [-0.2, 0) is 0 Å². The van der Waals surface area contributed by atoms with E-state index in [1.807, 2.05) is 61.5 Å². The van der Waals surface area contributed by atoms with Crippen molar-refractivity contribution in [2.75, 3.05) is 6.54 Å². The molecular formula is C22H23ClN2O. The van der Waals surface area contributed by atoms with E-state index in [9.17, 15) is 0 Å². The lowest BCUT2D eigenvalue weighted by molar-refractivity contribution is 0.177. The van der Waals surface area contributed by atoms with Gasteiger partial charge >= 0.3 is 0 Å². The summed E-state index contributed by atoms with van der Waals surface area (Å²) in [5, 5.41) is 11.3. The number of hydrogen-bond acceptors (Lipinski definition) is 3. The van der Waals surface area contributed by atoms with Crippen LogP contribution < -0.4 is 10.8 Å². The van der Waals surface area contributed by atoms with Crippen LogP contribution in [0, 0.1) is 18.8 Å². The van der Waals surface area contributed by atoms with E-state index in [4.69, 9.17) is 16.8 Å². The number of nitrogens with one attached hydrogen (secondary N) is 2. The Morgan fingerprint density at radius 3 is 2.23 bits per heavy atom. The van der Waals surface area contributed by atoms with Crippen molar-refractivity contribution >= 4 is 11.6 Å². The predicted octanol–water partition coefficient (Wildman–Crippen LogP) is 4.36. The zero-order valence-electron chi connectivity index (χ0n) is 15.0. The standard InChI is InChI=1S/C15H12.C7H11ClN2O/c1-13-7-9-15(10-8-13)12-11-14-5-3-2-4-6-14;1-7(8)4-6(5-10-11)2-3-9-7/h2-10H,1H3;2-4,9-11H,5H2,1H3. The van der Waals surface area contributed by atoms with E-state index in [1.165, 1.54) is 5.56 Å². The van der Waals surface area contributed by atoms with Gasteiger partial charge in [0, 0.05) is 17.7 Å². The van der Waals surface area contributed by atoms with E-state index in [0.717, 1.165) is 16.7 Å². The van der Waals surface area contributed by atoms with Gasteiger partial charge in [-0.25, -0.2) is 5.48 Å². The Kier molecular flexibility index (Phi) is 7.50. The highest BCUT2D eigenvalue weighted by Gasteiger charge is 2.17. The van der Waals surface area contributed by atoms with Crippen LogP contribution in [0.3, 0.4) is 0 Å². The molecular weight excluding hydrogens is 344 g/mol. The molecule has 26 heavy (non-hydrogen) atoms. The number of aryl methyl sites for hydroxylation is 1. The second-order valence-electron chi connectivity index (χ2n) is 6.09. The first kappa shape index (κ1) is 19.8. The molecule has 0 saturated heterocycles. The summed E-state index contributed by atoms with van der Waals surface area (Å²) in [7, 11) is 0. The van der Waals surface area contributed by atoms with Gasteiger partial charge in [0.25, 0.3) is 0 Å². The minimum atomic E-state index is -0.527. The molecule has 0 saturated carbocycles. The first-order valence-electron chi connectivity index (χ1n) is 8.34. The summed E-state index contributed by atoms with van der Waals surface area (Å²) in [5.74, 6) is 6.27.